The number of amides is 1. The normalized spacial score (nSPS) is 11.7. The summed E-state index contributed by atoms with van der Waals surface area (Å²) in [6.45, 7) is 3.01. The van der Waals surface area contributed by atoms with E-state index in [2.05, 4.69) is 15.5 Å². The average Bonchev–Trinajstić information content (AvgIpc) is 3.23. The largest absolute Gasteiger partial charge is 0.455 e. The van der Waals surface area contributed by atoms with E-state index in [0.717, 1.165) is 11.8 Å². The number of carbonyl (C=O) groups excluding carboxylic acids is 2. The maximum absolute atomic E-state index is 13.7. The summed E-state index contributed by atoms with van der Waals surface area (Å²) in [5, 5.41) is 5.75. The monoisotopic (exact) mass is 447 g/mol. The number of esters is 1. The highest BCUT2D eigenvalue weighted by molar-refractivity contribution is 8.01. The molecule has 2 aromatic carbocycles. The van der Waals surface area contributed by atoms with E-state index >= 15 is 0 Å². The van der Waals surface area contributed by atoms with Gasteiger partial charge in [0.1, 0.15) is 16.9 Å². The number of aromatic nitrogens is 2. The van der Waals surface area contributed by atoms with Crippen LogP contribution in [-0.2, 0) is 20.9 Å². The van der Waals surface area contributed by atoms with Gasteiger partial charge in [-0.2, -0.15) is 4.98 Å². The molecule has 3 aromatic rings. The summed E-state index contributed by atoms with van der Waals surface area (Å²) in [6, 6.07) is 9.92. The van der Waals surface area contributed by atoms with E-state index in [1.807, 2.05) is 0 Å². The van der Waals surface area contributed by atoms with E-state index in [9.17, 15) is 18.4 Å². The molecule has 1 heterocycles. The molecule has 1 atom stereocenters. The number of benzene rings is 2. The Hall–Kier alpha value is -3.27. The van der Waals surface area contributed by atoms with Crippen LogP contribution in [0.1, 0.15) is 18.4 Å². The molecule has 0 spiro atoms. The van der Waals surface area contributed by atoms with Crippen LogP contribution < -0.4 is 5.32 Å². The van der Waals surface area contributed by atoms with Crippen LogP contribution in [0, 0.1) is 18.6 Å². The topological polar surface area (TPSA) is 94.3 Å². The lowest BCUT2D eigenvalue weighted by Gasteiger charge is -2.10. The second-order valence-electron chi connectivity index (χ2n) is 6.59. The van der Waals surface area contributed by atoms with E-state index in [-0.39, 0.29) is 35.8 Å². The quantitative estimate of drug-likeness (QED) is 0.519. The van der Waals surface area contributed by atoms with Gasteiger partial charge in [-0.1, -0.05) is 17.3 Å². The van der Waals surface area contributed by atoms with Gasteiger partial charge < -0.3 is 14.6 Å². The first-order valence-corrected chi connectivity index (χ1v) is 10.3. The molecule has 7 nitrogen and oxygen atoms in total. The molecular formula is C21H19F2N3O4S. The molecule has 0 radical (unpaired) electrons. The van der Waals surface area contributed by atoms with Crippen molar-refractivity contribution in [3.8, 4) is 11.4 Å². The first-order valence-electron chi connectivity index (χ1n) is 9.24. The van der Waals surface area contributed by atoms with E-state index < -0.39 is 17.0 Å². The Morgan fingerprint density at radius 3 is 2.65 bits per heavy atom. The van der Waals surface area contributed by atoms with E-state index in [0.29, 0.717) is 16.8 Å². The standard InChI is InChI=1S/C21H19F2N3O4S/c1-12-3-4-14(9-17(12)23)20-25-19(30-26-20)10-29-21(28)13(2)31-11-18(27)24-16-7-5-15(22)6-8-16/h3-9,13H,10-11H2,1-2H3,(H,24,27). The van der Waals surface area contributed by atoms with Gasteiger partial charge in [-0.25, -0.2) is 8.78 Å². The number of thioether (sulfide) groups is 1. The highest BCUT2D eigenvalue weighted by Crippen LogP contribution is 2.20. The molecule has 1 unspecified atom stereocenters. The van der Waals surface area contributed by atoms with Crippen molar-refractivity contribution in [2.24, 2.45) is 0 Å². The molecule has 1 aromatic heterocycles. The number of rotatable bonds is 8. The minimum Gasteiger partial charge on any atom is -0.455 e. The predicted octanol–water partition coefficient (Wildman–Crippen LogP) is 4.13. The molecule has 1 amide bonds. The first-order chi connectivity index (χ1) is 14.8. The molecule has 0 aliphatic carbocycles. The summed E-state index contributed by atoms with van der Waals surface area (Å²) in [5.74, 6) is -1.41. The fraction of sp³-hybridized carbons (Fsp3) is 0.238. The van der Waals surface area contributed by atoms with Crippen LogP contribution in [0.25, 0.3) is 11.4 Å². The van der Waals surface area contributed by atoms with Crippen molar-refractivity contribution in [3.63, 3.8) is 0 Å². The summed E-state index contributed by atoms with van der Waals surface area (Å²) in [6.07, 6.45) is 0. The Morgan fingerprint density at radius 2 is 1.94 bits per heavy atom. The van der Waals surface area contributed by atoms with Gasteiger partial charge in [0.2, 0.25) is 11.7 Å². The number of aryl methyl sites for hydroxylation is 1. The van der Waals surface area contributed by atoms with Gasteiger partial charge in [0.05, 0.1) is 5.75 Å². The maximum atomic E-state index is 13.7. The molecule has 31 heavy (non-hydrogen) atoms. The highest BCUT2D eigenvalue weighted by Gasteiger charge is 2.19. The molecule has 3 rings (SSSR count). The van der Waals surface area contributed by atoms with Crippen LogP contribution in [0.3, 0.4) is 0 Å². The van der Waals surface area contributed by atoms with Crippen molar-refractivity contribution < 1.29 is 27.6 Å². The van der Waals surface area contributed by atoms with E-state index in [4.69, 9.17) is 9.26 Å². The van der Waals surface area contributed by atoms with Crippen LogP contribution in [0.5, 0.6) is 0 Å². The van der Waals surface area contributed by atoms with Crippen LogP contribution >= 0.6 is 11.8 Å². The zero-order valence-corrected chi connectivity index (χ0v) is 17.5. The van der Waals surface area contributed by atoms with Crippen molar-refractivity contribution in [2.45, 2.75) is 25.7 Å². The summed E-state index contributed by atoms with van der Waals surface area (Å²) in [4.78, 5) is 28.2. The van der Waals surface area contributed by atoms with Crippen LogP contribution in [0.15, 0.2) is 47.0 Å². The number of hydrogen-bond acceptors (Lipinski definition) is 7. The molecule has 0 bridgehead atoms. The lowest BCUT2D eigenvalue weighted by atomic mass is 10.1. The summed E-state index contributed by atoms with van der Waals surface area (Å²) in [7, 11) is 0. The van der Waals surface area contributed by atoms with Crippen molar-refractivity contribution in [1.29, 1.82) is 0 Å². The summed E-state index contributed by atoms with van der Waals surface area (Å²) >= 11 is 1.09. The molecule has 0 aliphatic heterocycles. The van der Waals surface area contributed by atoms with Crippen LogP contribution in [-0.4, -0.2) is 33.0 Å². The summed E-state index contributed by atoms with van der Waals surface area (Å²) in [5.41, 5.74) is 1.41. The third-order valence-electron chi connectivity index (χ3n) is 4.16. The van der Waals surface area contributed by atoms with Gasteiger partial charge in [0.25, 0.3) is 5.89 Å². The van der Waals surface area contributed by atoms with Gasteiger partial charge in [0.15, 0.2) is 6.61 Å². The van der Waals surface area contributed by atoms with Gasteiger partial charge in [-0.05, 0) is 49.7 Å². The SMILES string of the molecule is Cc1ccc(-c2noc(COC(=O)C(C)SCC(=O)Nc3ccc(F)cc3)n2)cc1F. The second-order valence-corrected chi connectivity index (χ2v) is 7.92. The first kappa shape index (κ1) is 22.4. The number of carbonyl (C=O) groups is 2. The van der Waals surface area contributed by atoms with E-state index in [1.54, 1.807) is 26.0 Å². The molecule has 162 valence electrons. The Balaban J connectivity index is 1.44. The van der Waals surface area contributed by atoms with Crippen LogP contribution in [0.4, 0.5) is 14.5 Å². The van der Waals surface area contributed by atoms with Gasteiger partial charge in [-0.3, -0.25) is 9.59 Å². The lowest BCUT2D eigenvalue weighted by molar-refractivity contribution is -0.144. The number of nitrogens with zero attached hydrogens (tertiary/aromatic N) is 2. The molecule has 0 saturated heterocycles. The van der Waals surface area contributed by atoms with E-state index in [1.165, 1.54) is 30.3 Å². The molecule has 0 saturated carbocycles. The maximum Gasteiger partial charge on any atom is 0.319 e. The molecule has 10 heteroatoms. The predicted molar refractivity (Wildman–Crippen MR) is 111 cm³/mol. The summed E-state index contributed by atoms with van der Waals surface area (Å²) < 4.78 is 36.7. The van der Waals surface area contributed by atoms with Crippen molar-refractivity contribution in [3.05, 3.63) is 65.6 Å². The van der Waals surface area contributed by atoms with Gasteiger partial charge >= 0.3 is 5.97 Å². The number of anilines is 1. The molecule has 1 N–H and O–H groups in total. The highest BCUT2D eigenvalue weighted by atomic mass is 32.2. The zero-order valence-electron chi connectivity index (χ0n) is 16.7. The Kier molecular flexibility index (Phi) is 7.35. The Bertz CT molecular complexity index is 1070. The van der Waals surface area contributed by atoms with Crippen LogP contribution in [0.2, 0.25) is 0 Å². The minimum absolute atomic E-state index is 0.0112. The number of ether oxygens (including phenoxy) is 1. The smallest absolute Gasteiger partial charge is 0.319 e. The molecule has 0 aliphatic rings. The fourth-order valence-electron chi connectivity index (χ4n) is 2.41. The van der Waals surface area contributed by atoms with Crippen molar-refractivity contribution in [1.82, 2.24) is 10.1 Å². The Morgan fingerprint density at radius 1 is 1.19 bits per heavy atom. The second kappa shape index (κ2) is 10.2. The molecular weight excluding hydrogens is 428 g/mol. The zero-order chi connectivity index (χ0) is 22.4. The third-order valence-corrected chi connectivity index (χ3v) is 5.28. The fourth-order valence-corrected chi connectivity index (χ4v) is 3.09. The average molecular weight is 447 g/mol. The minimum atomic E-state index is -0.618. The number of halogens is 2. The lowest BCUT2D eigenvalue weighted by Crippen LogP contribution is -2.21. The third kappa shape index (κ3) is 6.35. The van der Waals surface area contributed by atoms with Gasteiger partial charge in [-0.15, -0.1) is 11.8 Å². The Labute approximate surface area is 181 Å². The molecule has 0 fully saturated rings. The van der Waals surface area contributed by atoms with Crippen molar-refractivity contribution >= 4 is 29.3 Å². The van der Waals surface area contributed by atoms with Crippen molar-refractivity contribution in [2.75, 3.05) is 11.1 Å². The van der Waals surface area contributed by atoms with Gasteiger partial charge in [0, 0.05) is 11.3 Å². The number of hydrogen-bond donors (Lipinski definition) is 1. The number of nitrogens with one attached hydrogen (secondary N) is 1.